The van der Waals surface area contributed by atoms with E-state index in [1.807, 2.05) is 74.5 Å². The van der Waals surface area contributed by atoms with Crippen LogP contribution in [0.2, 0.25) is 0 Å². The van der Waals surface area contributed by atoms with Crippen LogP contribution in [-0.2, 0) is 11.3 Å². The van der Waals surface area contributed by atoms with Gasteiger partial charge in [-0.3, -0.25) is 4.79 Å². The Hall–Kier alpha value is -2.87. The van der Waals surface area contributed by atoms with Crippen LogP contribution in [0, 0.1) is 6.92 Å². The molecule has 0 saturated carbocycles. The van der Waals surface area contributed by atoms with E-state index in [1.54, 1.807) is 6.07 Å². The summed E-state index contributed by atoms with van der Waals surface area (Å²) in [6.45, 7) is 5.15. The highest BCUT2D eigenvalue weighted by atomic mass is 79.9. The molecule has 0 fully saturated rings. The number of amides is 1. The highest BCUT2D eigenvalue weighted by Crippen LogP contribution is 2.34. The molecule has 0 heterocycles. The molecule has 0 aromatic heterocycles. The first kappa shape index (κ1) is 24.8. The quantitative estimate of drug-likeness (QED) is 0.337. The van der Waals surface area contributed by atoms with E-state index in [0.29, 0.717) is 31.2 Å². The number of nitrogens with one attached hydrogen (secondary N) is 2. The standard InChI is InChI=1S/C26H29BrN2O4/c1-3-32-24-13-20(15-28-16-23(30)19-7-5-4-6-8-19)22(27)14-25(24)33-17-26(31)29-21-11-9-18(2)10-12-21/h4-14,23,28,30H,3,15-17H2,1-2H3,(H,29,31). The molecule has 0 bridgehead atoms. The first-order chi connectivity index (χ1) is 16.0. The summed E-state index contributed by atoms with van der Waals surface area (Å²) in [7, 11) is 0. The molecular weight excluding hydrogens is 484 g/mol. The van der Waals surface area contributed by atoms with Crippen LogP contribution >= 0.6 is 15.9 Å². The van der Waals surface area contributed by atoms with Crippen molar-refractivity contribution in [2.24, 2.45) is 0 Å². The number of hydrogen-bond acceptors (Lipinski definition) is 5. The van der Waals surface area contributed by atoms with Crippen LogP contribution in [0.25, 0.3) is 0 Å². The molecule has 174 valence electrons. The van der Waals surface area contributed by atoms with E-state index in [9.17, 15) is 9.90 Å². The van der Waals surface area contributed by atoms with E-state index in [1.165, 1.54) is 0 Å². The summed E-state index contributed by atoms with van der Waals surface area (Å²) in [5.74, 6) is 0.790. The maximum absolute atomic E-state index is 12.3. The molecule has 3 rings (SSSR count). The smallest absolute Gasteiger partial charge is 0.262 e. The van der Waals surface area contributed by atoms with Crippen molar-refractivity contribution < 1.29 is 19.4 Å². The number of carbonyl (C=O) groups is 1. The Bertz CT molecular complexity index is 1040. The zero-order valence-corrected chi connectivity index (χ0v) is 20.4. The van der Waals surface area contributed by atoms with Gasteiger partial charge in [0, 0.05) is 23.2 Å². The summed E-state index contributed by atoms with van der Waals surface area (Å²) in [6, 6.07) is 20.8. The van der Waals surface area contributed by atoms with Crippen LogP contribution in [0.5, 0.6) is 11.5 Å². The Morgan fingerprint density at radius 3 is 2.42 bits per heavy atom. The molecule has 3 N–H and O–H groups in total. The van der Waals surface area contributed by atoms with E-state index in [2.05, 4.69) is 26.6 Å². The maximum atomic E-state index is 12.3. The van der Waals surface area contributed by atoms with Gasteiger partial charge in [0.05, 0.1) is 12.7 Å². The highest BCUT2D eigenvalue weighted by Gasteiger charge is 2.14. The number of rotatable bonds is 11. The van der Waals surface area contributed by atoms with Gasteiger partial charge in [-0.25, -0.2) is 0 Å². The third kappa shape index (κ3) is 7.60. The first-order valence-corrected chi connectivity index (χ1v) is 11.6. The number of benzene rings is 3. The van der Waals surface area contributed by atoms with E-state index >= 15 is 0 Å². The summed E-state index contributed by atoms with van der Waals surface area (Å²) in [4.78, 5) is 12.3. The molecule has 0 aliphatic heterocycles. The molecule has 1 atom stereocenters. The molecule has 0 spiro atoms. The van der Waals surface area contributed by atoms with Gasteiger partial charge in [0.15, 0.2) is 18.1 Å². The summed E-state index contributed by atoms with van der Waals surface area (Å²) < 4.78 is 12.3. The second-order valence-electron chi connectivity index (χ2n) is 7.58. The molecular formula is C26H29BrN2O4. The van der Waals surface area contributed by atoms with Crippen molar-refractivity contribution in [3.63, 3.8) is 0 Å². The SMILES string of the molecule is CCOc1cc(CNCC(O)c2ccccc2)c(Br)cc1OCC(=O)Nc1ccc(C)cc1. The van der Waals surface area contributed by atoms with Gasteiger partial charge in [0.1, 0.15) is 0 Å². The average molecular weight is 513 g/mol. The number of halogens is 1. The van der Waals surface area contributed by atoms with Gasteiger partial charge in [-0.2, -0.15) is 0 Å². The largest absolute Gasteiger partial charge is 0.490 e. The fraction of sp³-hybridized carbons (Fsp3) is 0.269. The second kappa shape index (κ2) is 12.4. The number of hydrogen-bond donors (Lipinski definition) is 3. The van der Waals surface area contributed by atoms with Crippen molar-refractivity contribution in [1.29, 1.82) is 0 Å². The van der Waals surface area contributed by atoms with Crippen molar-refractivity contribution in [2.75, 3.05) is 25.1 Å². The number of aliphatic hydroxyl groups excluding tert-OH is 1. The fourth-order valence-electron chi connectivity index (χ4n) is 3.21. The number of aryl methyl sites for hydroxylation is 1. The number of ether oxygens (including phenoxy) is 2. The first-order valence-electron chi connectivity index (χ1n) is 10.8. The van der Waals surface area contributed by atoms with Gasteiger partial charge in [0.2, 0.25) is 0 Å². The highest BCUT2D eigenvalue weighted by molar-refractivity contribution is 9.10. The monoisotopic (exact) mass is 512 g/mol. The van der Waals surface area contributed by atoms with Crippen molar-refractivity contribution in [3.05, 3.63) is 87.9 Å². The Morgan fingerprint density at radius 2 is 1.73 bits per heavy atom. The number of aliphatic hydroxyl groups is 1. The molecule has 3 aromatic rings. The lowest BCUT2D eigenvalue weighted by atomic mass is 10.1. The molecule has 0 radical (unpaired) electrons. The van der Waals surface area contributed by atoms with Crippen molar-refractivity contribution >= 4 is 27.5 Å². The third-order valence-corrected chi connectivity index (χ3v) is 5.68. The van der Waals surface area contributed by atoms with Gasteiger partial charge in [0.25, 0.3) is 5.91 Å². The number of carbonyl (C=O) groups excluding carboxylic acids is 1. The third-order valence-electron chi connectivity index (χ3n) is 4.94. The maximum Gasteiger partial charge on any atom is 0.262 e. The molecule has 0 saturated heterocycles. The van der Waals surface area contributed by atoms with Crippen molar-refractivity contribution in [2.45, 2.75) is 26.5 Å². The van der Waals surface area contributed by atoms with Crippen LogP contribution in [0.3, 0.4) is 0 Å². The summed E-state index contributed by atoms with van der Waals surface area (Å²) >= 11 is 3.57. The Balaban J connectivity index is 1.59. The van der Waals surface area contributed by atoms with Gasteiger partial charge in [-0.1, -0.05) is 64.0 Å². The molecule has 3 aromatic carbocycles. The van der Waals surface area contributed by atoms with Gasteiger partial charge < -0.3 is 25.2 Å². The summed E-state index contributed by atoms with van der Waals surface area (Å²) in [6.07, 6.45) is -0.592. The van der Waals surface area contributed by atoms with Crippen LogP contribution < -0.4 is 20.1 Å². The predicted molar refractivity (Wildman–Crippen MR) is 134 cm³/mol. The lowest BCUT2D eigenvalue weighted by Gasteiger charge is -2.16. The van der Waals surface area contributed by atoms with Gasteiger partial charge >= 0.3 is 0 Å². The second-order valence-corrected chi connectivity index (χ2v) is 8.44. The molecule has 6 nitrogen and oxygen atoms in total. The van der Waals surface area contributed by atoms with E-state index in [0.717, 1.165) is 26.9 Å². The minimum absolute atomic E-state index is 0.138. The zero-order valence-electron chi connectivity index (χ0n) is 18.8. The fourth-order valence-corrected chi connectivity index (χ4v) is 3.67. The van der Waals surface area contributed by atoms with Crippen LogP contribution in [-0.4, -0.2) is 30.8 Å². The molecule has 0 aliphatic carbocycles. The summed E-state index contributed by atoms with van der Waals surface area (Å²) in [5, 5.41) is 16.4. The van der Waals surface area contributed by atoms with Crippen LogP contribution in [0.4, 0.5) is 5.69 Å². The van der Waals surface area contributed by atoms with E-state index in [-0.39, 0.29) is 12.5 Å². The minimum atomic E-state index is -0.592. The molecule has 1 unspecified atom stereocenters. The van der Waals surface area contributed by atoms with Crippen molar-refractivity contribution in [1.82, 2.24) is 5.32 Å². The predicted octanol–water partition coefficient (Wildman–Crippen LogP) is 5.00. The molecule has 1 amide bonds. The van der Waals surface area contributed by atoms with Crippen molar-refractivity contribution in [3.8, 4) is 11.5 Å². The number of anilines is 1. The molecule has 0 aliphatic rings. The summed E-state index contributed by atoms with van der Waals surface area (Å²) in [5.41, 5.74) is 3.67. The van der Waals surface area contributed by atoms with Gasteiger partial charge in [-0.15, -0.1) is 0 Å². The van der Waals surface area contributed by atoms with E-state index < -0.39 is 6.10 Å². The topological polar surface area (TPSA) is 79.8 Å². The minimum Gasteiger partial charge on any atom is -0.490 e. The molecule has 7 heteroatoms. The van der Waals surface area contributed by atoms with Crippen LogP contribution in [0.1, 0.15) is 29.7 Å². The van der Waals surface area contributed by atoms with E-state index in [4.69, 9.17) is 9.47 Å². The Morgan fingerprint density at radius 1 is 1.03 bits per heavy atom. The zero-order chi connectivity index (χ0) is 23.6. The Kier molecular flexibility index (Phi) is 9.30. The lowest BCUT2D eigenvalue weighted by Crippen LogP contribution is -2.22. The van der Waals surface area contributed by atoms with Crippen LogP contribution in [0.15, 0.2) is 71.2 Å². The lowest BCUT2D eigenvalue weighted by molar-refractivity contribution is -0.118. The normalized spacial score (nSPS) is 11.6. The molecule has 33 heavy (non-hydrogen) atoms. The van der Waals surface area contributed by atoms with Gasteiger partial charge in [-0.05, 0) is 49.2 Å². The average Bonchev–Trinajstić information content (AvgIpc) is 2.82. The Labute approximate surface area is 203 Å².